The maximum Gasteiger partial charge on any atom is 0.411 e. The van der Waals surface area contributed by atoms with Crippen molar-refractivity contribution in [3.05, 3.63) is 57.2 Å². The van der Waals surface area contributed by atoms with Crippen molar-refractivity contribution in [2.24, 2.45) is 0 Å². The number of amides is 2. The first kappa shape index (κ1) is 36.6. The van der Waals surface area contributed by atoms with E-state index in [9.17, 15) is 14.4 Å². The number of rotatable bonds is 6. The maximum atomic E-state index is 13.7. The molecular formula is C36H46Cl2N4O7. The van der Waals surface area contributed by atoms with Gasteiger partial charge in [0.2, 0.25) is 0 Å². The van der Waals surface area contributed by atoms with E-state index in [0.29, 0.717) is 27.9 Å². The van der Waals surface area contributed by atoms with Gasteiger partial charge in [0, 0.05) is 32.3 Å². The number of esters is 1. The van der Waals surface area contributed by atoms with Crippen molar-refractivity contribution in [2.45, 2.75) is 97.6 Å². The highest BCUT2D eigenvalue weighted by molar-refractivity contribution is 6.37. The van der Waals surface area contributed by atoms with Crippen LogP contribution in [0, 0.1) is 6.92 Å². The summed E-state index contributed by atoms with van der Waals surface area (Å²) in [6, 6.07) is 6.21. The first-order valence-electron chi connectivity index (χ1n) is 16.7. The molecule has 2 bridgehead atoms. The number of anilines is 1. The molecule has 0 radical (unpaired) electrons. The predicted molar refractivity (Wildman–Crippen MR) is 188 cm³/mol. The minimum Gasteiger partial charge on any atom is -0.485 e. The number of aryl methyl sites for hydroxylation is 1. The van der Waals surface area contributed by atoms with E-state index >= 15 is 0 Å². The summed E-state index contributed by atoms with van der Waals surface area (Å²) in [7, 11) is 0. The molecule has 2 amide bonds. The lowest BCUT2D eigenvalue weighted by Crippen LogP contribution is -2.65. The van der Waals surface area contributed by atoms with Crippen LogP contribution in [0.3, 0.4) is 0 Å². The average Bonchev–Trinajstić information content (AvgIpc) is 3.45. The van der Waals surface area contributed by atoms with Crippen LogP contribution in [0.2, 0.25) is 10.0 Å². The fourth-order valence-electron chi connectivity index (χ4n) is 6.47. The molecule has 0 spiro atoms. The SMILES string of the molecule is CCOC(=O)C1=C(c2ccc(N3CC[C@@H](Oc4c(Cl)cc(C)cc4Cl)C3)nc2)C[C@@H]2CN(C(=O)OC(C)(C)C)C[C@H]1N2C(=O)OC(C)(C)C. The van der Waals surface area contributed by atoms with Gasteiger partial charge in [-0.05, 0) is 103 Å². The number of carbonyl (C=O) groups excluding carboxylic acids is 3. The molecule has 266 valence electrons. The number of ether oxygens (including phenoxy) is 4. The lowest BCUT2D eigenvalue weighted by atomic mass is 9.82. The zero-order valence-corrected chi connectivity index (χ0v) is 31.0. The topological polar surface area (TPSA) is 111 Å². The normalized spacial score (nSPS) is 21.1. The minimum absolute atomic E-state index is 0.0397. The molecule has 3 aliphatic rings. The van der Waals surface area contributed by atoms with Gasteiger partial charge in [-0.3, -0.25) is 4.90 Å². The van der Waals surface area contributed by atoms with Crippen LogP contribution in [-0.2, 0) is 19.0 Å². The van der Waals surface area contributed by atoms with E-state index in [0.717, 1.165) is 35.5 Å². The summed E-state index contributed by atoms with van der Waals surface area (Å²) in [5.74, 6) is 0.685. The first-order chi connectivity index (χ1) is 22.9. The number of fused-ring (bicyclic) bond motifs is 2. The Morgan fingerprint density at radius 1 is 0.939 bits per heavy atom. The number of pyridine rings is 1. The summed E-state index contributed by atoms with van der Waals surface area (Å²) in [6.07, 6.45) is 1.60. The van der Waals surface area contributed by atoms with Crippen molar-refractivity contribution in [1.29, 1.82) is 0 Å². The molecule has 49 heavy (non-hydrogen) atoms. The molecule has 5 rings (SSSR count). The second-order valence-corrected chi connectivity index (χ2v) is 15.5. The smallest absolute Gasteiger partial charge is 0.411 e. The van der Waals surface area contributed by atoms with E-state index in [1.165, 1.54) is 0 Å². The zero-order chi connectivity index (χ0) is 35.8. The third kappa shape index (κ3) is 8.55. The maximum absolute atomic E-state index is 13.7. The minimum atomic E-state index is -0.819. The van der Waals surface area contributed by atoms with Gasteiger partial charge in [-0.2, -0.15) is 0 Å². The summed E-state index contributed by atoms with van der Waals surface area (Å²) in [6.45, 7) is 16.1. The van der Waals surface area contributed by atoms with E-state index in [4.69, 9.17) is 47.1 Å². The van der Waals surface area contributed by atoms with Crippen molar-refractivity contribution in [1.82, 2.24) is 14.8 Å². The van der Waals surface area contributed by atoms with Gasteiger partial charge in [-0.15, -0.1) is 0 Å². The highest BCUT2D eigenvalue weighted by Crippen LogP contribution is 2.41. The Morgan fingerprint density at radius 2 is 1.59 bits per heavy atom. The van der Waals surface area contributed by atoms with Crippen LogP contribution in [-0.4, -0.2) is 95.1 Å². The lowest BCUT2D eigenvalue weighted by Gasteiger charge is -2.50. The van der Waals surface area contributed by atoms with Crippen LogP contribution in [0.25, 0.3) is 5.57 Å². The molecule has 4 heterocycles. The molecule has 2 aromatic rings. The number of hydrogen-bond acceptors (Lipinski definition) is 9. The number of halogens is 2. The standard InChI is InChI=1S/C36H46Cl2N4O7/c1-9-46-32(43)30-25(16-23-18-41(33(44)48-35(3,4)5)20-28(30)42(23)34(45)49-36(6,7)8)22-10-11-29(39-17-22)40-13-12-24(19-40)47-31-26(37)14-21(2)15-27(31)38/h10-11,14-15,17,23-24,28H,9,12-13,16,18-20H2,1-8H3/t23-,24-,28-/m1/s1. The van der Waals surface area contributed by atoms with Gasteiger partial charge in [0.1, 0.15) is 23.1 Å². The van der Waals surface area contributed by atoms with E-state index in [1.807, 2.05) is 31.2 Å². The number of hydrogen-bond donors (Lipinski definition) is 0. The van der Waals surface area contributed by atoms with E-state index < -0.39 is 41.4 Å². The van der Waals surface area contributed by atoms with Crippen LogP contribution >= 0.6 is 23.2 Å². The van der Waals surface area contributed by atoms with Crippen molar-refractivity contribution in [3.8, 4) is 5.75 Å². The molecule has 1 aromatic carbocycles. The Hall–Kier alpha value is -3.70. The monoisotopic (exact) mass is 716 g/mol. The summed E-state index contributed by atoms with van der Waals surface area (Å²) in [5, 5.41) is 0.960. The third-order valence-corrected chi connectivity index (χ3v) is 8.96. The van der Waals surface area contributed by atoms with Gasteiger partial charge in [-0.25, -0.2) is 19.4 Å². The molecule has 0 aliphatic carbocycles. The summed E-state index contributed by atoms with van der Waals surface area (Å²) < 4.78 is 23.2. The Bertz CT molecular complexity index is 1590. The first-order valence-corrected chi connectivity index (χ1v) is 17.4. The Kier molecular flexibility index (Phi) is 10.6. The van der Waals surface area contributed by atoms with Crippen molar-refractivity contribution in [3.63, 3.8) is 0 Å². The van der Waals surface area contributed by atoms with Gasteiger partial charge >= 0.3 is 18.2 Å². The molecule has 0 N–H and O–H groups in total. The van der Waals surface area contributed by atoms with Gasteiger partial charge in [0.15, 0.2) is 5.75 Å². The molecule has 0 saturated carbocycles. The fraction of sp³-hybridized carbons (Fsp3) is 0.556. The number of carbonyl (C=O) groups is 3. The molecule has 11 nitrogen and oxygen atoms in total. The Balaban J connectivity index is 1.43. The average molecular weight is 718 g/mol. The summed E-state index contributed by atoms with van der Waals surface area (Å²) in [4.78, 5) is 50.6. The van der Waals surface area contributed by atoms with E-state index in [2.05, 4.69) is 4.90 Å². The third-order valence-electron chi connectivity index (χ3n) is 8.40. The number of aromatic nitrogens is 1. The predicted octanol–water partition coefficient (Wildman–Crippen LogP) is 7.30. The fourth-order valence-corrected chi connectivity index (χ4v) is 7.15. The molecular weight excluding hydrogens is 671 g/mol. The van der Waals surface area contributed by atoms with Crippen LogP contribution in [0.5, 0.6) is 5.75 Å². The molecule has 3 aliphatic heterocycles. The van der Waals surface area contributed by atoms with Gasteiger partial charge in [-0.1, -0.05) is 23.2 Å². The molecule has 0 unspecified atom stereocenters. The van der Waals surface area contributed by atoms with Gasteiger partial charge in [0.25, 0.3) is 0 Å². The molecule has 1 aromatic heterocycles. The number of piperazine rings is 1. The van der Waals surface area contributed by atoms with Gasteiger partial charge in [0.05, 0.1) is 40.9 Å². The van der Waals surface area contributed by atoms with Crippen molar-refractivity contribution < 1.29 is 33.3 Å². The molecule has 13 heteroatoms. The highest BCUT2D eigenvalue weighted by Gasteiger charge is 2.49. The second-order valence-electron chi connectivity index (χ2n) is 14.7. The van der Waals surface area contributed by atoms with Crippen LogP contribution in [0.15, 0.2) is 36.0 Å². The van der Waals surface area contributed by atoms with Crippen molar-refractivity contribution in [2.75, 3.05) is 37.7 Å². The van der Waals surface area contributed by atoms with Crippen LogP contribution in [0.4, 0.5) is 15.4 Å². The van der Waals surface area contributed by atoms with E-state index in [-0.39, 0.29) is 32.2 Å². The summed E-state index contributed by atoms with van der Waals surface area (Å²) in [5.41, 5.74) is 1.25. The number of benzene rings is 1. The molecule has 2 saturated heterocycles. The highest BCUT2D eigenvalue weighted by atomic mass is 35.5. The van der Waals surface area contributed by atoms with E-state index in [1.54, 1.807) is 64.5 Å². The Morgan fingerprint density at radius 3 is 2.18 bits per heavy atom. The Labute approximate surface area is 298 Å². The zero-order valence-electron chi connectivity index (χ0n) is 29.5. The molecule has 2 fully saturated rings. The number of nitrogens with zero attached hydrogens (tertiary/aromatic N) is 4. The molecule has 3 atom stereocenters. The lowest BCUT2D eigenvalue weighted by molar-refractivity contribution is -0.140. The second kappa shape index (κ2) is 14.3. The van der Waals surface area contributed by atoms with Gasteiger partial charge < -0.3 is 28.7 Å². The van der Waals surface area contributed by atoms with Crippen molar-refractivity contribution >= 4 is 52.7 Å². The van der Waals surface area contributed by atoms with Crippen LogP contribution in [0.1, 0.15) is 72.4 Å². The quantitative estimate of drug-likeness (QED) is 0.225. The van der Waals surface area contributed by atoms with Crippen LogP contribution < -0.4 is 9.64 Å². The summed E-state index contributed by atoms with van der Waals surface area (Å²) >= 11 is 12.8. The largest absolute Gasteiger partial charge is 0.485 e.